The molecular weight excluding hydrogens is 463 g/mol. The van der Waals surface area contributed by atoms with Gasteiger partial charge in [0.2, 0.25) is 0 Å². The molecule has 0 spiro atoms. The number of thioether (sulfide) groups is 1. The number of hydrogen-bond acceptors (Lipinski definition) is 9. The summed E-state index contributed by atoms with van der Waals surface area (Å²) in [6, 6.07) is 6.87. The number of carbonyl (C=O) groups is 2. The minimum absolute atomic E-state index is 0.0843. The molecule has 176 valence electrons. The highest BCUT2D eigenvalue weighted by Crippen LogP contribution is 2.32. The van der Waals surface area contributed by atoms with Crippen molar-refractivity contribution in [3.05, 3.63) is 45.7 Å². The van der Waals surface area contributed by atoms with Crippen molar-refractivity contribution in [2.45, 2.75) is 30.8 Å². The van der Waals surface area contributed by atoms with Crippen molar-refractivity contribution in [1.29, 1.82) is 0 Å². The maximum Gasteiger partial charge on any atom is 0.183 e. The Balaban J connectivity index is 0.000000323. The number of likely N-dealkylation sites (tertiary alicyclic amines) is 1. The van der Waals surface area contributed by atoms with E-state index in [4.69, 9.17) is 10.5 Å². The van der Waals surface area contributed by atoms with Gasteiger partial charge >= 0.3 is 0 Å². The summed E-state index contributed by atoms with van der Waals surface area (Å²) < 4.78 is 19.6. The molecule has 0 bridgehead atoms. The summed E-state index contributed by atoms with van der Waals surface area (Å²) in [7, 11) is 3.53. The van der Waals surface area contributed by atoms with Crippen LogP contribution in [0.4, 0.5) is 4.39 Å². The van der Waals surface area contributed by atoms with Crippen molar-refractivity contribution in [2.24, 2.45) is 5.73 Å². The Morgan fingerprint density at radius 3 is 2.64 bits per heavy atom. The van der Waals surface area contributed by atoms with E-state index in [2.05, 4.69) is 21.9 Å². The number of hydrogen-bond donors (Lipinski definition) is 1. The highest BCUT2D eigenvalue weighted by atomic mass is 32.2. The van der Waals surface area contributed by atoms with Crippen LogP contribution in [0.5, 0.6) is 5.75 Å². The largest absolute Gasteiger partial charge is 0.494 e. The number of halogens is 1. The average molecular weight is 491 g/mol. The monoisotopic (exact) mass is 490 g/mol. The topological polar surface area (TPSA) is 98.4 Å². The highest BCUT2D eigenvalue weighted by molar-refractivity contribution is 8.00. The number of nitrogens with zero attached hydrogens (tertiary/aromatic N) is 3. The lowest BCUT2D eigenvalue weighted by Gasteiger charge is -2.25. The summed E-state index contributed by atoms with van der Waals surface area (Å²) >= 11 is 2.27. The molecule has 4 rings (SSSR count). The maximum atomic E-state index is 14.6. The third-order valence-corrected chi connectivity index (χ3v) is 7.21. The van der Waals surface area contributed by atoms with Gasteiger partial charge in [-0.2, -0.15) is 0 Å². The number of ketones is 1. The van der Waals surface area contributed by atoms with Gasteiger partial charge in [-0.15, -0.1) is 11.3 Å². The van der Waals surface area contributed by atoms with E-state index in [1.807, 2.05) is 0 Å². The second-order valence-electron chi connectivity index (χ2n) is 7.72. The molecule has 1 aliphatic rings. The van der Waals surface area contributed by atoms with Gasteiger partial charge < -0.3 is 15.4 Å². The van der Waals surface area contributed by atoms with E-state index < -0.39 is 5.82 Å². The summed E-state index contributed by atoms with van der Waals surface area (Å²) in [5.74, 6) is -0.0142. The van der Waals surface area contributed by atoms with Crippen LogP contribution in [0.15, 0.2) is 29.3 Å². The molecule has 1 aromatic carbocycles. The lowest BCUT2D eigenvalue weighted by atomic mass is 10.1. The predicted octanol–water partition coefficient (Wildman–Crippen LogP) is 3.97. The first-order chi connectivity index (χ1) is 15.8. The maximum absolute atomic E-state index is 14.6. The van der Waals surface area contributed by atoms with Gasteiger partial charge in [0.25, 0.3) is 0 Å². The lowest BCUT2D eigenvalue weighted by Crippen LogP contribution is -2.37. The van der Waals surface area contributed by atoms with Crippen molar-refractivity contribution in [1.82, 2.24) is 14.9 Å². The Labute approximate surface area is 200 Å². The molecule has 7 nitrogen and oxygen atoms in total. The van der Waals surface area contributed by atoms with Gasteiger partial charge in [0, 0.05) is 6.04 Å². The number of aromatic nitrogens is 2. The molecule has 0 unspecified atom stereocenters. The fraction of sp³-hybridized carbons (Fsp3) is 0.391. The first-order valence-electron chi connectivity index (χ1n) is 10.5. The van der Waals surface area contributed by atoms with Crippen LogP contribution in [0, 0.1) is 12.7 Å². The Morgan fingerprint density at radius 2 is 2.03 bits per heavy atom. The van der Waals surface area contributed by atoms with Gasteiger partial charge in [-0.05, 0) is 64.2 Å². The Morgan fingerprint density at radius 1 is 1.30 bits per heavy atom. The zero-order chi connectivity index (χ0) is 24.0. The lowest BCUT2D eigenvalue weighted by molar-refractivity contribution is 0.102. The molecule has 10 heteroatoms. The van der Waals surface area contributed by atoms with Gasteiger partial charge in [-0.1, -0.05) is 11.8 Å². The zero-order valence-electron chi connectivity index (χ0n) is 18.8. The Hall–Kier alpha value is -2.40. The smallest absolute Gasteiger partial charge is 0.183 e. The number of Topliss-reactive ketones (excluding diaryl/α,β-unsaturated/α-hetero) is 1. The van der Waals surface area contributed by atoms with E-state index in [0.717, 1.165) is 23.1 Å². The average Bonchev–Trinajstić information content (AvgIpc) is 3.29. The summed E-state index contributed by atoms with van der Waals surface area (Å²) in [6.45, 7) is 4.07. The van der Waals surface area contributed by atoms with Crippen molar-refractivity contribution >= 4 is 46.1 Å². The standard InChI is InChI=1S/C17H13FN2O3S2.C6H14N2/c1-9-19-11-4-5-13(23-2)16(18)15(11)17(20-9)24-8-12(22)14-6-3-10(7-21)25-14;1-8-4-2-6(7)3-5-8/h3-7H,8H2,1-2H3;6H,2-5,7H2,1H3. The molecule has 2 aromatic heterocycles. The zero-order valence-corrected chi connectivity index (χ0v) is 20.5. The summed E-state index contributed by atoms with van der Waals surface area (Å²) in [4.78, 5) is 34.8. The number of carbonyl (C=O) groups excluding carboxylic acids is 2. The molecule has 1 aliphatic heterocycles. The van der Waals surface area contributed by atoms with Crippen molar-refractivity contribution in [3.8, 4) is 5.75 Å². The minimum atomic E-state index is -0.547. The van der Waals surface area contributed by atoms with Crippen LogP contribution in [0.2, 0.25) is 0 Å². The summed E-state index contributed by atoms with van der Waals surface area (Å²) in [6.07, 6.45) is 3.06. The molecule has 0 radical (unpaired) electrons. The number of aryl methyl sites for hydroxylation is 1. The number of thiophene rings is 1. The molecule has 33 heavy (non-hydrogen) atoms. The fourth-order valence-corrected chi connectivity index (χ4v) is 5.12. The molecule has 0 saturated carbocycles. The van der Waals surface area contributed by atoms with Gasteiger partial charge in [0.15, 0.2) is 23.6 Å². The van der Waals surface area contributed by atoms with Crippen LogP contribution in [-0.4, -0.2) is 66.0 Å². The van der Waals surface area contributed by atoms with Crippen LogP contribution < -0.4 is 10.5 Å². The number of fused-ring (bicyclic) bond motifs is 1. The number of aldehydes is 1. The molecule has 0 amide bonds. The van der Waals surface area contributed by atoms with E-state index in [9.17, 15) is 14.0 Å². The van der Waals surface area contributed by atoms with Crippen LogP contribution in [0.25, 0.3) is 10.9 Å². The third-order valence-electron chi connectivity index (χ3n) is 5.18. The highest BCUT2D eigenvalue weighted by Gasteiger charge is 2.17. The minimum Gasteiger partial charge on any atom is -0.494 e. The van der Waals surface area contributed by atoms with Crippen LogP contribution >= 0.6 is 23.1 Å². The molecule has 3 aromatic rings. The van der Waals surface area contributed by atoms with E-state index in [1.165, 1.54) is 39.1 Å². The number of methoxy groups -OCH3 is 1. The molecule has 0 aliphatic carbocycles. The van der Waals surface area contributed by atoms with E-state index in [-0.39, 0.29) is 22.7 Å². The molecule has 2 N–H and O–H groups in total. The third kappa shape index (κ3) is 6.57. The first kappa shape index (κ1) is 25.2. The first-order valence-corrected chi connectivity index (χ1v) is 12.3. The van der Waals surface area contributed by atoms with E-state index in [1.54, 1.807) is 25.1 Å². The molecule has 3 heterocycles. The van der Waals surface area contributed by atoms with Gasteiger partial charge in [-0.3, -0.25) is 9.59 Å². The number of rotatable bonds is 6. The van der Waals surface area contributed by atoms with Crippen LogP contribution in [0.3, 0.4) is 0 Å². The van der Waals surface area contributed by atoms with Crippen LogP contribution in [0.1, 0.15) is 38.0 Å². The molecular formula is C23H27FN4O3S2. The molecule has 0 atom stereocenters. The number of benzene rings is 1. The van der Waals surface area contributed by atoms with E-state index >= 15 is 0 Å². The second-order valence-corrected chi connectivity index (χ2v) is 9.80. The summed E-state index contributed by atoms with van der Waals surface area (Å²) in [5, 5.41) is 0.627. The number of piperidine rings is 1. The SMILES string of the molecule is CN1CCC(N)CC1.COc1ccc2nc(C)nc(SCC(=O)c3ccc(C=O)s3)c2c1F. The second kappa shape index (κ2) is 11.6. The van der Waals surface area contributed by atoms with Gasteiger partial charge in [0.05, 0.1) is 33.5 Å². The number of ether oxygens (including phenoxy) is 1. The molecule has 1 fully saturated rings. The Bertz CT molecular complexity index is 1120. The van der Waals surface area contributed by atoms with E-state index in [0.29, 0.717) is 38.4 Å². The van der Waals surface area contributed by atoms with Gasteiger partial charge in [-0.25, -0.2) is 14.4 Å². The Kier molecular flexibility index (Phi) is 8.90. The quantitative estimate of drug-likeness (QED) is 0.240. The predicted molar refractivity (Wildman–Crippen MR) is 130 cm³/mol. The number of nitrogens with two attached hydrogens (primary N) is 1. The van der Waals surface area contributed by atoms with Crippen molar-refractivity contribution < 1.29 is 18.7 Å². The van der Waals surface area contributed by atoms with Crippen LogP contribution in [-0.2, 0) is 0 Å². The summed E-state index contributed by atoms with van der Waals surface area (Å²) in [5.41, 5.74) is 6.13. The van der Waals surface area contributed by atoms with Gasteiger partial charge in [0.1, 0.15) is 10.9 Å². The normalized spacial score (nSPS) is 14.6. The van der Waals surface area contributed by atoms with Crippen molar-refractivity contribution in [3.63, 3.8) is 0 Å². The van der Waals surface area contributed by atoms with Crippen molar-refractivity contribution in [2.75, 3.05) is 33.0 Å². The molecule has 1 saturated heterocycles. The fourth-order valence-electron chi connectivity index (χ4n) is 3.31.